The van der Waals surface area contributed by atoms with E-state index in [2.05, 4.69) is 16.7 Å². The Hall–Kier alpha value is -3.86. The van der Waals surface area contributed by atoms with Crippen LogP contribution >= 0.6 is 0 Å². The van der Waals surface area contributed by atoms with Crippen molar-refractivity contribution in [3.8, 4) is 28.7 Å². The highest BCUT2D eigenvalue weighted by molar-refractivity contribution is 5.92. The molecule has 33 heavy (non-hydrogen) atoms. The van der Waals surface area contributed by atoms with E-state index in [0.717, 1.165) is 42.6 Å². The lowest BCUT2D eigenvalue weighted by atomic mass is 9.84. The summed E-state index contributed by atoms with van der Waals surface area (Å²) in [5.74, 6) is -0.647. The quantitative estimate of drug-likeness (QED) is 0.460. The highest BCUT2D eigenvalue weighted by Gasteiger charge is 2.35. The van der Waals surface area contributed by atoms with Gasteiger partial charge in [0.1, 0.15) is 18.1 Å². The molecule has 0 spiro atoms. The zero-order valence-corrected chi connectivity index (χ0v) is 18.0. The number of nitrogens with zero attached hydrogens (tertiary/aromatic N) is 1. The van der Waals surface area contributed by atoms with E-state index in [1.807, 2.05) is 42.5 Å². The van der Waals surface area contributed by atoms with Gasteiger partial charge in [-0.15, -0.1) is 0 Å². The standard InChI is InChI=1S/C26H25N3O4/c27-16-18-2-1-3-20(12-18)19-4-6-21(7-5-19)26(8-10-28-11-9-26)33-17-25(32)29-22-13-23(30)15-24(31)14-22/h1-7,12-15,28,30-31H,8-11,17H2,(H,29,32). The Morgan fingerprint density at radius 2 is 1.70 bits per heavy atom. The molecule has 1 fully saturated rings. The van der Waals surface area contributed by atoms with Crippen molar-refractivity contribution in [3.05, 3.63) is 77.9 Å². The predicted molar refractivity (Wildman–Crippen MR) is 125 cm³/mol. The zero-order chi connectivity index (χ0) is 23.3. The molecule has 0 aliphatic carbocycles. The molecule has 7 nitrogen and oxygen atoms in total. The summed E-state index contributed by atoms with van der Waals surface area (Å²) >= 11 is 0. The van der Waals surface area contributed by atoms with Gasteiger partial charge in [0, 0.05) is 23.9 Å². The molecule has 1 saturated heterocycles. The van der Waals surface area contributed by atoms with Gasteiger partial charge in [-0.05, 0) is 54.8 Å². The highest BCUT2D eigenvalue weighted by atomic mass is 16.5. The summed E-state index contributed by atoms with van der Waals surface area (Å²) < 4.78 is 6.21. The van der Waals surface area contributed by atoms with Crippen LogP contribution in [0, 0.1) is 11.3 Å². The first-order chi connectivity index (χ1) is 16.0. The number of piperidine rings is 1. The number of carbonyl (C=O) groups is 1. The van der Waals surface area contributed by atoms with Crippen molar-refractivity contribution >= 4 is 11.6 Å². The maximum Gasteiger partial charge on any atom is 0.250 e. The van der Waals surface area contributed by atoms with Gasteiger partial charge in [-0.1, -0.05) is 36.4 Å². The minimum Gasteiger partial charge on any atom is -0.508 e. The van der Waals surface area contributed by atoms with E-state index in [4.69, 9.17) is 10.00 Å². The van der Waals surface area contributed by atoms with Gasteiger partial charge < -0.3 is 25.6 Å². The summed E-state index contributed by atoms with van der Waals surface area (Å²) in [5.41, 5.74) is 3.27. The van der Waals surface area contributed by atoms with Crippen LogP contribution in [0.25, 0.3) is 11.1 Å². The van der Waals surface area contributed by atoms with Gasteiger partial charge in [0.25, 0.3) is 0 Å². The number of carbonyl (C=O) groups excluding carboxylic acids is 1. The topological polar surface area (TPSA) is 115 Å². The molecular formula is C26H25N3O4. The fourth-order valence-corrected chi connectivity index (χ4v) is 4.15. The molecule has 0 radical (unpaired) electrons. The minimum atomic E-state index is -0.601. The van der Waals surface area contributed by atoms with Gasteiger partial charge in [-0.3, -0.25) is 4.79 Å². The lowest BCUT2D eigenvalue weighted by Gasteiger charge is -2.38. The number of amides is 1. The summed E-state index contributed by atoms with van der Waals surface area (Å²) in [4.78, 5) is 12.5. The highest BCUT2D eigenvalue weighted by Crippen LogP contribution is 2.36. The third-order valence-electron chi connectivity index (χ3n) is 5.81. The Bertz CT molecular complexity index is 1160. The van der Waals surface area contributed by atoms with E-state index in [-0.39, 0.29) is 24.0 Å². The third-order valence-corrected chi connectivity index (χ3v) is 5.81. The second kappa shape index (κ2) is 9.74. The molecular weight excluding hydrogens is 418 g/mol. The molecule has 4 rings (SSSR count). The number of benzene rings is 3. The Labute approximate surface area is 192 Å². The van der Waals surface area contributed by atoms with E-state index < -0.39 is 5.60 Å². The van der Waals surface area contributed by atoms with Gasteiger partial charge in [-0.25, -0.2) is 0 Å². The lowest BCUT2D eigenvalue weighted by molar-refractivity contribution is -0.131. The third kappa shape index (κ3) is 5.32. The van der Waals surface area contributed by atoms with Gasteiger partial charge in [0.15, 0.2) is 0 Å². The number of ether oxygens (including phenoxy) is 1. The SMILES string of the molecule is N#Cc1cccc(-c2ccc(C3(OCC(=O)Nc4cc(O)cc(O)c4)CCNCC3)cc2)c1. The van der Waals surface area contributed by atoms with E-state index >= 15 is 0 Å². The molecule has 4 N–H and O–H groups in total. The molecule has 3 aromatic rings. The van der Waals surface area contributed by atoms with Crippen molar-refractivity contribution in [1.82, 2.24) is 5.32 Å². The minimum absolute atomic E-state index is 0.138. The number of nitriles is 1. The summed E-state index contributed by atoms with van der Waals surface area (Å²) in [6, 6.07) is 21.6. The normalized spacial score (nSPS) is 14.9. The number of rotatable bonds is 6. The van der Waals surface area contributed by atoms with Crippen LogP contribution < -0.4 is 10.6 Å². The number of aromatic hydroxyl groups is 2. The van der Waals surface area contributed by atoms with E-state index in [0.29, 0.717) is 11.3 Å². The van der Waals surface area contributed by atoms with Gasteiger partial charge in [0.2, 0.25) is 5.91 Å². The Morgan fingerprint density at radius 1 is 1.00 bits per heavy atom. The Kier molecular flexibility index (Phi) is 6.59. The van der Waals surface area contributed by atoms with Crippen molar-refractivity contribution in [2.45, 2.75) is 18.4 Å². The van der Waals surface area contributed by atoms with Gasteiger partial charge in [-0.2, -0.15) is 5.26 Å². The second-order valence-corrected chi connectivity index (χ2v) is 8.09. The average Bonchev–Trinajstić information content (AvgIpc) is 2.83. The molecule has 7 heteroatoms. The Balaban J connectivity index is 1.50. The molecule has 1 aliphatic rings. The first-order valence-corrected chi connectivity index (χ1v) is 10.8. The van der Waals surface area contributed by atoms with Crippen LogP contribution in [0.1, 0.15) is 24.0 Å². The molecule has 1 aliphatic heterocycles. The van der Waals surface area contributed by atoms with Gasteiger partial charge >= 0.3 is 0 Å². The number of hydrogen-bond acceptors (Lipinski definition) is 6. The summed E-state index contributed by atoms with van der Waals surface area (Å²) in [6.45, 7) is 1.38. The summed E-state index contributed by atoms with van der Waals surface area (Å²) in [6.07, 6.45) is 1.44. The zero-order valence-electron chi connectivity index (χ0n) is 18.0. The van der Waals surface area contributed by atoms with Crippen molar-refractivity contribution in [1.29, 1.82) is 5.26 Å². The first kappa shape index (κ1) is 22.3. The monoisotopic (exact) mass is 443 g/mol. The molecule has 0 saturated carbocycles. The van der Waals surface area contributed by atoms with E-state index in [9.17, 15) is 15.0 Å². The van der Waals surface area contributed by atoms with Crippen LogP contribution in [0.15, 0.2) is 66.7 Å². The number of nitrogens with one attached hydrogen (secondary N) is 2. The van der Waals surface area contributed by atoms with Crippen molar-refractivity contribution in [2.75, 3.05) is 25.0 Å². The largest absolute Gasteiger partial charge is 0.508 e. The number of phenols is 2. The first-order valence-electron chi connectivity index (χ1n) is 10.8. The van der Waals surface area contributed by atoms with E-state index in [1.165, 1.54) is 18.2 Å². The predicted octanol–water partition coefficient (Wildman–Crippen LogP) is 3.87. The molecule has 1 amide bonds. The van der Waals surface area contributed by atoms with Crippen molar-refractivity contribution in [2.24, 2.45) is 0 Å². The van der Waals surface area contributed by atoms with Crippen LogP contribution in [-0.4, -0.2) is 35.8 Å². The molecule has 1 heterocycles. The van der Waals surface area contributed by atoms with Crippen LogP contribution in [0.5, 0.6) is 11.5 Å². The van der Waals surface area contributed by atoms with Crippen molar-refractivity contribution < 1.29 is 19.7 Å². The maximum atomic E-state index is 12.5. The van der Waals surface area contributed by atoms with Crippen LogP contribution in [0.2, 0.25) is 0 Å². The Morgan fingerprint density at radius 3 is 2.36 bits per heavy atom. The fraction of sp³-hybridized carbons (Fsp3) is 0.231. The number of anilines is 1. The number of phenolic OH excluding ortho intramolecular Hbond substituents is 2. The number of hydrogen-bond donors (Lipinski definition) is 4. The maximum absolute atomic E-state index is 12.5. The van der Waals surface area contributed by atoms with Crippen LogP contribution in [0.3, 0.4) is 0 Å². The molecule has 0 atom stereocenters. The lowest BCUT2D eigenvalue weighted by Crippen LogP contribution is -2.43. The fourth-order valence-electron chi connectivity index (χ4n) is 4.15. The van der Waals surface area contributed by atoms with Crippen LogP contribution in [-0.2, 0) is 15.1 Å². The molecule has 0 unspecified atom stereocenters. The molecule has 3 aromatic carbocycles. The molecule has 168 valence electrons. The van der Waals surface area contributed by atoms with E-state index in [1.54, 1.807) is 6.07 Å². The second-order valence-electron chi connectivity index (χ2n) is 8.09. The summed E-state index contributed by atoms with van der Waals surface area (Å²) in [7, 11) is 0. The van der Waals surface area contributed by atoms with Gasteiger partial charge in [0.05, 0.1) is 17.2 Å². The average molecular weight is 444 g/mol. The summed E-state index contributed by atoms with van der Waals surface area (Å²) in [5, 5.41) is 34.3. The molecule has 0 bridgehead atoms. The smallest absolute Gasteiger partial charge is 0.250 e. The van der Waals surface area contributed by atoms with Crippen LogP contribution in [0.4, 0.5) is 5.69 Å². The van der Waals surface area contributed by atoms with Crippen molar-refractivity contribution in [3.63, 3.8) is 0 Å². The molecule has 0 aromatic heterocycles.